The number of para-hydroxylation sites is 1. The molecule has 0 aromatic heterocycles. The van der Waals surface area contributed by atoms with Crippen LogP contribution in [0.3, 0.4) is 0 Å². The molecule has 34 heavy (non-hydrogen) atoms. The van der Waals surface area contributed by atoms with Crippen LogP contribution in [-0.4, -0.2) is 49.7 Å². The number of piperazine rings is 1. The Hall–Kier alpha value is -3.37. The monoisotopic (exact) mass is 490 g/mol. The van der Waals surface area contributed by atoms with Gasteiger partial charge in [-0.3, -0.25) is 4.79 Å². The third-order valence-electron chi connectivity index (χ3n) is 5.49. The number of carbonyl (C=O) groups excluding carboxylic acids is 1. The smallest absolute Gasteiger partial charge is 0.253 e. The molecule has 1 heterocycles. The van der Waals surface area contributed by atoms with Gasteiger partial charge in [-0.15, -0.1) is 0 Å². The van der Waals surface area contributed by atoms with Crippen LogP contribution < -0.4 is 4.74 Å². The number of ether oxygens (including phenoxy) is 1. The summed E-state index contributed by atoms with van der Waals surface area (Å²) < 4.78 is 72.7. The van der Waals surface area contributed by atoms with E-state index in [1.54, 1.807) is 24.3 Å². The van der Waals surface area contributed by atoms with Crippen LogP contribution in [0.1, 0.15) is 15.9 Å². The molecular weight excluding hydrogens is 469 g/mol. The van der Waals surface area contributed by atoms with Gasteiger partial charge in [-0.05, 0) is 42.0 Å². The maximum Gasteiger partial charge on any atom is 0.253 e. The number of nitrogens with zero attached hydrogens (tertiary/aromatic N) is 2. The van der Waals surface area contributed by atoms with E-state index in [1.165, 1.54) is 4.90 Å². The maximum absolute atomic E-state index is 14.0. The van der Waals surface area contributed by atoms with Crippen LogP contribution in [0.15, 0.2) is 71.6 Å². The van der Waals surface area contributed by atoms with Crippen molar-refractivity contribution in [1.82, 2.24) is 9.21 Å². The Labute approximate surface area is 195 Å². The molecule has 10 heteroatoms. The minimum atomic E-state index is -4.38. The highest BCUT2D eigenvalue weighted by Crippen LogP contribution is 2.24. The topological polar surface area (TPSA) is 66.9 Å². The highest BCUT2D eigenvalue weighted by atomic mass is 32.2. The molecule has 0 spiro atoms. The standard InChI is InChI=1S/C24H21F3N2O4S/c25-20-10-11-21(23(27)22(20)26)34(31,32)29-14-12-28(13-15-29)24(30)18-8-6-17(7-9-18)16-33-19-4-2-1-3-5-19/h1-11H,12-16H2. The molecule has 1 saturated heterocycles. The lowest BCUT2D eigenvalue weighted by molar-refractivity contribution is 0.0697. The second-order valence-electron chi connectivity index (χ2n) is 7.67. The molecule has 178 valence electrons. The van der Waals surface area contributed by atoms with Crippen LogP contribution in [-0.2, 0) is 16.6 Å². The Kier molecular flexibility index (Phi) is 6.90. The first-order valence-electron chi connectivity index (χ1n) is 10.5. The lowest BCUT2D eigenvalue weighted by Gasteiger charge is -2.34. The van der Waals surface area contributed by atoms with Crippen LogP contribution >= 0.6 is 0 Å². The van der Waals surface area contributed by atoms with Crippen molar-refractivity contribution in [3.05, 3.63) is 95.3 Å². The number of hydrogen-bond acceptors (Lipinski definition) is 4. The molecule has 3 aromatic rings. The van der Waals surface area contributed by atoms with E-state index >= 15 is 0 Å². The molecule has 0 unspecified atom stereocenters. The van der Waals surface area contributed by atoms with E-state index in [1.807, 2.05) is 30.3 Å². The van der Waals surface area contributed by atoms with E-state index in [0.717, 1.165) is 15.6 Å². The average Bonchev–Trinajstić information content (AvgIpc) is 2.86. The molecule has 4 rings (SSSR count). The number of benzene rings is 3. The Morgan fingerprint density at radius 1 is 0.824 bits per heavy atom. The lowest BCUT2D eigenvalue weighted by Crippen LogP contribution is -2.50. The number of hydrogen-bond donors (Lipinski definition) is 0. The zero-order valence-electron chi connectivity index (χ0n) is 18.0. The van der Waals surface area contributed by atoms with E-state index in [2.05, 4.69) is 0 Å². The number of amides is 1. The minimum Gasteiger partial charge on any atom is -0.489 e. The summed E-state index contributed by atoms with van der Waals surface area (Å²) in [6.07, 6.45) is 0. The Bertz CT molecular complexity index is 1280. The predicted molar refractivity (Wildman–Crippen MR) is 118 cm³/mol. The van der Waals surface area contributed by atoms with Crippen LogP contribution in [0.25, 0.3) is 0 Å². The Balaban J connectivity index is 1.36. The first-order valence-corrected chi connectivity index (χ1v) is 11.9. The summed E-state index contributed by atoms with van der Waals surface area (Å²) in [6.45, 7) is 0.283. The quantitative estimate of drug-likeness (QED) is 0.493. The summed E-state index contributed by atoms with van der Waals surface area (Å²) in [6, 6.07) is 17.5. The van der Waals surface area contributed by atoms with Gasteiger partial charge in [-0.25, -0.2) is 21.6 Å². The van der Waals surface area contributed by atoms with Gasteiger partial charge >= 0.3 is 0 Å². The summed E-state index contributed by atoms with van der Waals surface area (Å²) >= 11 is 0. The highest BCUT2D eigenvalue weighted by Gasteiger charge is 2.33. The molecule has 0 N–H and O–H groups in total. The fraction of sp³-hybridized carbons (Fsp3) is 0.208. The molecule has 3 aromatic carbocycles. The SMILES string of the molecule is O=C(c1ccc(COc2ccccc2)cc1)N1CCN(S(=O)(=O)c2ccc(F)c(F)c2F)CC1. The van der Waals surface area contributed by atoms with Gasteiger partial charge in [0.1, 0.15) is 17.3 Å². The average molecular weight is 491 g/mol. The fourth-order valence-corrected chi connectivity index (χ4v) is 5.07. The van der Waals surface area contributed by atoms with Gasteiger partial charge in [-0.2, -0.15) is 4.31 Å². The van der Waals surface area contributed by atoms with Crippen molar-refractivity contribution >= 4 is 15.9 Å². The molecule has 1 aliphatic heterocycles. The molecule has 0 bridgehead atoms. The number of carbonyl (C=O) groups is 1. The maximum atomic E-state index is 14.0. The van der Waals surface area contributed by atoms with Crippen LogP contribution in [0.5, 0.6) is 5.75 Å². The second kappa shape index (κ2) is 9.86. The van der Waals surface area contributed by atoms with Crippen LogP contribution in [0.4, 0.5) is 13.2 Å². The highest BCUT2D eigenvalue weighted by molar-refractivity contribution is 7.89. The first kappa shape index (κ1) is 23.8. The van der Waals surface area contributed by atoms with Crippen LogP contribution in [0.2, 0.25) is 0 Å². The van der Waals surface area contributed by atoms with Gasteiger partial charge in [0.2, 0.25) is 10.0 Å². The van der Waals surface area contributed by atoms with Crippen molar-refractivity contribution in [2.45, 2.75) is 11.5 Å². The summed E-state index contributed by atoms with van der Waals surface area (Å²) in [5.41, 5.74) is 1.32. The van der Waals surface area contributed by atoms with Crippen molar-refractivity contribution < 1.29 is 31.1 Å². The normalized spacial score (nSPS) is 14.7. The van der Waals surface area contributed by atoms with Crippen molar-refractivity contribution in [3.8, 4) is 5.75 Å². The van der Waals surface area contributed by atoms with Gasteiger partial charge in [0.25, 0.3) is 5.91 Å². The van der Waals surface area contributed by atoms with E-state index in [4.69, 9.17) is 4.74 Å². The fourth-order valence-electron chi connectivity index (χ4n) is 3.59. The van der Waals surface area contributed by atoms with Gasteiger partial charge < -0.3 is 9.64 Å². The third-order valence-corrected chi connectivity index (χ3v) is 7.41. The van der Waals surface area contributed by atoms with E-state index in [0.29, 0.717) is 24.3 Å². The summed E-state index contributed by atoms with van der Waals surface area (Å²) in [5, 5.41) is 0. The largest absolute Gasteiger partial charge is 0.489 e. The Morgan fingerprint density at radius 3 is 2.12 bits per heavy atom. The molecule has 1 fully saturated rings. The van der Waals surface area contributed by atoms with Crippen molar-refractivity contribution in [3.63, 3.8) is 0 Å². The van der Waals surface area contributed by atoms with E-state index < -0.39 is 32.4 Å². The number of rotatable bonds is 6. The van der Waals surface area contributed by atoms with Crippen molar-refractivity contribution in [2.75, 3.05) is 26.2 Å². The Morgan fingerprint density at radius 2 is 1.47 bits per heavy atom. The van der Waals surface area contributed by atoms with Gasteiger partial charge in [0.05, 0.1) is 0 Å². The van der Waals surface area contributed by atoms with Gasteiger partial charge in [-0.1, -0.05) is 30.3 Å². The molecule has 1 amide bonds. The van der Waals surface area contributed by atoms with E-state index in [-0.39, 0.29) is 32.1 Å². The third kappa shape index (κ3) is 4.92. The summed E-state index contributed by atoms with van der Waals surface area (Å²) in [4.78, 5) is 13.4. The zero-order chi connectivity index (χ0) is 24.3. The summed E-state index contributed by atoms with van der Waals surface area (Å²) in [7, 11) is -4.38. The van der Waals surface area contributed by atoms with Crippen LogP contribution in [0, 0.1) is 17.5 Å². The number of sulfonamides is 1. The minimum absolute atomic E-state index is 0.0717. The van der Waals surface area contributed by atoms with Crippen molar-refractivity contribution in [1.29, 1.82) is 0 Å². The molecule has 1 aliphatic rings. The lowest BCUT2D eigenvalue weighted by atomic mass is 10.1. The first-order chi connectivity index (χ1) is 16.3. The van der Waals surface area contributed by atoms with E-state index in [9.17, 15) is 26.4 Å². The van der Waals surface area contributed by atoms with Crippen molar-refractivity contribution in [2.24, 2.45) is 0 Å². The molecule has 0 atom stereocenters. The number of halogens is 3. The molecule has 6 nitrogen and oxygen atoms in total. The van der Waals surface area contributed by atoms with Gasteiger partial charge in [0, 0.05) is 31.7 Å². The second-order valence-corrected chi connectivity index (χ2v) is 9.57. The molecule has 0 radical (unpaired) electrons. The molecular formula is C24H21F3N2O4S. The summed E-state index contributed by atoms with van der Waals surface area (Å²) in [5.74, 6) is -4.60. The molecule has 0 saturated carbocycles. The van der Waals surface area contributed by atoms with Gasteiger partial charge in [0.15, 0.2) is 17.5 Å². The zero-order valence-corrected chi connectivity index (χ0v) is 18.8. The predicted octanol–water partition coefficient (Wildman–Crippen LogP) is 3.83. The molecule has 0 aliphatic carbocycles.